The summed E-state index contributed by atoms with van der Waals surface area (Å²) in [6.07, 6.45) is 4.73. The van der Waals surface area contributed by atoms with Crippen molar-refractivity contribution in [3.05, 3.63) is 41.5 Å². The fraction of sp³-hybridized carbons (Fsp3) is 0.333. The van der Waals surface area contributed by atoms with Crippen LogP contribution in [0.15, 0.2) is 35.8 Å². The van der Waals surface area contributed by atoms with E-state index in [2.05, 4.69) is 21.7 Å². The SMILES string of the molecule is Cc1nc(Nc2nccs2)nc(N[C@H]2CC[C@@H](CO)C2)c1-c1nc2ccccc2s1. The Morgan fingerprint density at radius 3 is 2.83 bits per heavy atom. The van der Waals surface area contributed by atoms with Crippen LogP contribution in [0, 0.1) is 12.8 Å². The molecule has 5 rings (SSSR count). The molecule has 4 aromatic rings. The maximum atomic E-state index is 9.52. The van der Waals surface area contributed by atoms with E-state index in [1.165, 1.54) is 11.3 Å². The van der Waals surface area contributed by atoms with Crippen molar-refractivity contribution in [2.24, 2.45) is 5.92 Å². The second-order valence-electron chi connectivity index (χ2n) is 7.51. The van der Waals surface area contributed by atoms with Crippen LogP contribution < -0.4 is 10.6 Å². The van der Waals surface area contributed by atoms with Crippen molar-refractivity contribution in [2.75, 3.05) is 17.2 Å². The molecule has 154 valence electrons. The minimum absolute atomic E-state index is 0.239. The summed E-state index contributed by atoms with van der Waals surface area (Å²) in [5.74, 6) is 1.65. The number of para-hydroxylation sites is 1. The molecule has 3 aromatic heterocycles. The lowest BCUT2D eigenvalue weighted by Crippen LogP contribution is -2.19. The molecule has 9 heteroatoms. The fourth-order valence-corrected chi connectivity index (χ4v) is 5.50. The molecule has 30 heavy (non-hydrogen) atoms. The molecule has 0 bridgehead atoms. The number of aromatic nitrogens is 4. The minimum Gasteiger partial charge on any atom is -0.396 e. The van der Waals surface area contributed by atoms with Gasteiger partial charge >= 0.3 is 0 Å². The van der Waals surface area contributed by atoms with E-state index in [1.807, 2.05) is 30.5 Å². The van der Waals surface area contributed by atoms with Crippen molar-refractivity contribution >= 4 is 49.8 Å². The van der Waals surface area contributed by atoms with Gasteiger partial charge < -0.3 is 10.4 Å². The molecule has 0 unspecified atom stereocenters. The van der Waals surface area contributed by atoms with Gasteiger partial charge in [-0.05, 0) is 44.2 Å². The summed E-state index contributed by atoms with van der Waals surface area (Å²) in [5.41, 5.74) is 2.78. The first-order chi connectivity index (χ1) is 14.7. The van der Waals surface area contributed by atoms with Crippen LogP contribution in [0.1, 0.15) is 25.0 Å². The summed E-state index contributed by atoms with van der Waals surface area (Å²) in [6, 6.07) is 8.42. The van der Waals surface area contributed by atoms with Crippen molar-refractivity contribution in [3.63, 3.8) is 0 Å². The number of benzene rings is 1. The zero-order chi connectivity index (χ0) is 20.5. The van der Waals surface area contributed by atoms with Crippen LogP contribution >= 0.6 is 22.7 Å². The van der Waals surface area contributed by atoms with Gasteiger partial charge in [-0.15, -0.1) is 22.7 Å². The number of hydrogen-bond acceptors (Lipinski definition) is 9. The van der Waals surface area contributed by atoms with E-state index in [4.69, 9.17) is 15.0 Å². The second kappa shape index (κ2) is 8.25. The first-order valence-electron chi connectivity index (χ1n) is 9.98. The Hall–Kier alpha value is -2.62. The molecular weight excluding hydrogens is 416 g/mol. The molecule has 7 nitrogen and oxygen atoms in total. The van der Waals surface area contributed by atoms with E-state index < -0.39 is 0 Å². The molecule has 0 radical (unpaired) electrons. The van der Waals surface area contributed by atoms with Gasteiger partial charge in [-0.25, -0.2) is 15.0 Å². The highest BCUT2D eigenvalue weighted by molar-refractivity contribution is 7.21. The Kier molecular flexibility index (Phi) is 5.32. The third-order valence-electron chi connectivity index (χ3n) is 5.39. The summed E-state index contributed by atoms with van der Waals surface area (Å²) in [7, 11) is 0. The lowest BCUT2D eigenvalue weighted by molar-refractivity contribution is 0.229. The minimum atomic E-state index is 0.239. The molecule has 0 spiro atoms. The number of aryl methyl sites for hydroxylation is 1. The molecule has 0 aliphatic heterocycles. The monoisotopic (exact) mass is 438 g/mol. The molecule has 1 aliphatic carbocycles. The number of anilines is 3. The highest BCUT2D eigenvalue weighted by atomic mass is 32.1. The lowest BCUT2D eigenvalue weighted by atomic mass is 10.1. The average molecular weight is 439 g/mol. The molecule has 3 N–H and O–H groups in total. The van der Waals surface area contributed by atoms with E-state index in [0.29, 0.717) is 11.9 Å². The van der Waals surface area contributed by atoms with Gasteiger partial charge in [0, 0.05) is 24.2 Å². The largest absolute Gasteiger partial charge is 0.396 e. The van der Waals surface area contributed by atoms with Crippen LogP contribution in [0.3, 0.4) is 0 Å². The second-order valence-corrected chi connectivity index (χ2v) is 9.43. The Balaban J connectivity index is 1.55. The van der Waals surface area contributed by atoms with Crippen LogP contribution in [0.4, 0.5) is 16.9 Å². The van der Waals surface area contributed by atoms with Gasteiger partial charge in [0.1, 0.15) is 10.8 Å². The maximum Gasteiger partial charge on any atom is 0.231 e. The standard InChI is InChI=1S/C21H22N6OS2/c1-12-17(19-25-15-4-2-3-5-16(15)30-19)18(24-14-7-6-13(10-14)11-28)26-20(23-12)27-21-22-8-9-29-21/h2-5,8-9,13-14,28H,6-7,10-11H2,1H3,(H2,22,23,24,26,27)/t13-,14+/m1/s1. The van der Waals surface area contributed by atoms with Crippen LogP contribution in [0.2, 0.25) is 0 Å². The Morgan fingerprint density at radius 1 is 1.17 bits per heavy atom. The van der Waals surface area contributed by atoms with Crippen molar-refractivity contribution < 1.29 is 5.11 Å². The number of fused-ring (bicyclic) bond motifs is 1. The van der Waals surface area contributed by atoms with E-state index in [0.717, 1.165) is 56.7 Å². The smallest absolute Gasteiger partial charge is 0.231 e. The Morgan fingerprint density at radius 2 is 2.07 bits per heavy atom. The summed E-state index contributed by atoms with van der Waals surface area (Å²) < 4.78 is 1.14. The number of aliphatic hydroxyl groups excluding tert-OH is 1. The van der Waals surface area contributed by atoms with Crippen molar-refractivity contribution in [3.8, 4) is 10.6 Å². The molecule has 2 atom stereocenters. The molecule has 1 fully saturated rings. The molecule has 1 aromatic carbocycles. The number of nitrogens with one attached hydrogen (secondary N) is 2. The first-order valence-corrected chi connectivity index (χ1v) is 11.7. The lowest BCUT2D eigenvalue weighted by Gasteiger charge is -2.18. The quantitative estimate of drug-likeness (QED) is 0.397. The summed E-state index contributed by atoms with van der Waals surface area (Å²) in [4.78, 5) is 18.6. The number of rotatable bonds is 6. The number of hydrogen-bond donors (Lipinski definition) is 3. The van der Waals surface area contributed by atoms with E-state index in [1.54, 1.807) is 17.5 Å². The summed E-state index contributed by atoms with van der Waals surface area (Å²) in [6.45, 7) is 2.23. The van der Waals surface area contributed by atoms with Gasteiger partial charge in [-0.2, -0.15) is 4.98 Å². The molecule has 3 heterocycles. The average Bonchev–Trinajstić information content (AvgIpc) is 3.48. The Bertz CT molecular complexity index is 1130. The first kappa shape index (κ1) is 19.3. The molecule has 1 aliphatic rings. The maximum absolute atomic E-state index is 9.52. The normalized spacial score (nSPS) is 18.7. The predicted molar refractivity (Wildman–Crippen MR) is 123 cm³/mol. The number of aliphatic hydroxyl groups is 1. The topological polar surface area (TPSA) is 95.9 Å². The van der Waals surface area contributed by atoms with E-state index >= 15 is 0 Å². The van der Waals surface area contributed by atoms with Crippen molar-refractivity contribution in [1.82, 2.24) is 19.9 Å². The number of nitrogens with zero attached hydrogens (tertiary/aromatic N) is 4. The van der Waals surface area contributed by atoms with Gasteiger partial charge in [0.15, 0.2) is 5.13 Å². The molecular formula is C21H22N6OS2. The summed E-state index contributed by atoms with van der Waals surface area (Å²) in [5, 5.41) is 19.9. The van der Waals surface area contributed by atoms with Crippen LogP contribution in [0.25, 0.3) is 20.8 Å². The highest BCUT2D eigenvalue weighted by Crippen LogP contribution is 2.38. The fourth-order valence-electron chi connectivity index (χ4n) is 3.91. The predicted octanol–water partition coefficient (Wildman–Crippen LogP) is 4.83. The van der Waals surface area contributed by atoms with Gasteiger partial charge in [0.2, 0.25) is 5.95 Å². The van der Waals surface area contributed by atoms with Gasteiger partial charge in [0.25, 0.3) is 0 Å². The van der Waals surface area contributed by atoms with Crippen molar-refractivity contribution in [2.45, 2.75) is 32.2 Å². The Labute approximate surface area is 182 Å². The van der Waals surface area contributed by atoms with Crippen LogP contribution in [-0.4, -0.2) is 37.7 Å². The van der Waals surface area contributed by atoms with E-state index in [9.17, 15) is 5.11 Å². The summed E-state index contributed by atoms with van der Waals surface area (Å²) >= 11 is 3.16. The van der Waals surface area contributed by atoms with Gasteiger partial charge in [-0.3, -0.25) is 5.32 Å². The van der Waals surface area contributed by atoms with E-state index in [-0.39, 0.29) is 12.6 Å². The number of thiazole rings is 2. The third kappa shape index (κ3) is 3.88. The van der Waals surface area contributed by atoms with Crippen LogP contribution in [0.5, 0.6) is 0 Å². The van der Waals surface area contributed by atoms with Crippen LogP contribution in [-0.2, 0) is 0 Å². The van der Waals surface area contributed by atoms with Crippen molar-refractivity contribution in [1.29, 1.82) is 0 Å². The molecule has 1 saturated carbocycles. The van der Waals surface area contributed by atoms with Gasteiger partial charge in [-0.1, -0.05) is 12.1 Å². The zero-order valence-corrected chi connectivity index (χ0v) is 18.1. The van der Waals surface area contributed by atoms with Gasteiger partial charge in [0.05, 0.1) is 21.5 Å². The molecule has 0 saturated heterocycles. The third-order valence-corrected chi connectivity index (χ3v) is 7.13. The molecule has 0 amide bonds. The highest BCUT2D eigenvalue weighted by Gasteiger charge is 2.26. The zero-order valence-electron chi connectivity index (χ0n) is 16.5.